The van der Waals surface area contributed by atoms with Crippen molar-refractivity contribution in [2.75, 3.05) is 0 Å². The minimum Gasteiger partial charge on any atom is -0.451 e. The van der Waals surface area contributed by atoms with Gasteiger partial charge in [0.05, 0.1) is 0 Å². The van der Waals surface area contributed by atoms with Crippen LogP contribution in [0.5, 0.6) is 0 Å². The Morgan fingerprint density at radius 1 is 1.14 bits per heavy atom. The highest BCUT2D eigenvalue weighted by Crippen LogP contribution is 2.67. The van der Waals surface area contributed by atoms with Gasteiger partial charge in [-0.25, -0.2) is 0 Å². The number of hydrogen-bond acceptors (Lipinski definition) is 4. The smallest absolute Gasteiger partial charge is 0.303 e. The van der Waals surface area contributed by atoms with E-state index in [0.29, 0.717) is 37.0 Å². The van der Waals surface area contributed by atoms with Crippen molar-refractivity contribution in [1.29, 1.82) is 0 Å². The average molecular weight is 385 g/mol. The third kappa shape index (κ3) is 2.45. The molecule has 0 unspecified atom stereocenters. The van der Waals surface area contributed by atoms with Gasteiger partial charge in [-0.2, -0.15) is 0 Å². The van der Waals surface area contributed by atoms with E-state index in [1.807, 2.05) is 13.0 Å². The van der Waals surface area contributed by atoms with Crippen LogP contribution >= 0.6 is 0 Å². The Hall–Kier alpha value is -1.71. The number of hydrogen-bond donors (Lipinski definition) is 0. The van der Waals surface area contributed by atoms with E-state index >= 15 is 0 Å². The van der Waals surface area contributed by atoms with Gasteiger partial charge in [0, 0.05) is 25.2 Å². The van der Waals surface area contributed by atoms with E-state index in [2.05, 4.69) is 26.0 Å². The summed E-state index contributed by atoms with van der Waals surface area (Å²) in [6.45, 7) is 7.79. The number of ketones is 2. The summed E-state index contributed by atoms with van der Waals surface area (Å²) < 4.78 is 5.88. The highest BCUT2D eigenvalue weighted by molar-refractivity contribution is 5.92. The molecule has 0 heterocycles. The molecule has 0 aromatic rings. The molecule has 0 N–H and O–H groups in total. The molecule has 0 aliphatic heterocycles. The lowest BCUT2D eigenvalue weighted by molar-refractivity contribution is -0.186. The van der Waals surface area contributed by atoms with Crippen molar-refractivity contribution in [3.63, 3.8) is 0 Å². The van der Waals surface area contributed by atoms with Crippen molar-refractivity contribution in [2.24, 2.45) is 28.6 Å². The predicted molar refractivity (Wildman–Crippen MR) is 106 cm³/mol. The van der Waals surface area contributed by atoms with Gasteiger partial charge in [-0.05, 0) is 66.9 Å². The molecule has 0 radical (unpaired) electrons. The second-order valence-corrected chi connectivity index (χ2v) is 9.83. The number of carbonyl (C=O) groups excluding carboxylic acids is 3. The number of rotatable bonds is 3. The molecular weight excluding hydrogens is 352 g/mol. The molecule has 28 heavy (non-hydrogen) atoms. The van der Waals surface area contributed by atoms with E-state index in [4.69, 9.17) is 4.74 Å². The van der Waals surface area contributed by atoms with Gasteiger partial charge in [-0.15, -0.1) is 0 Å². The summed E-state index contributed by atoms with van der Waals surface area (Å²) in [5.41, 5.74) is -0.0750. The molecule has 4 heteroatoms. The maximum atomic E-state index is 13.1. The van der Waals surface area contributed by atoms with Gasteiger partial charge in [-0.1, -0.05) is 32.9 Å². The summed E-state index contributed by atoms with van der Waals surface area (Å²) in [5, 5.41) is 0. The summed E-state index contributed by atoms with van der Waals surface area (Å²) in [6, 6.07) is 0. The van der Waals surface area contributed by atoms with Gasteiger partial charge < -0.3 is 4.74 Å². The number of ether oxygens (including phenoxy) is 1. The third-order valence-electron chi connectivity index (χ3n) is 8.72. The quantitative estimate of drug-likeness (QED) is 0.669. The fraction of sp³-hybridized carbons (Fsp3) is 0.708. The topological polar surface area (TPSA) is 60.4 Å². The predicted octanol–water partition coefficient (Wildman–Crippen LogP) is 4.58. The molecule has 4 nitrogen and oxygen atoms in total. The summed E-state index contributed by atoms with van der Waals surface area (Å²) in [5.74, 6) is 1.14. The highest BCUT2D eigenvalue weighted by atomic mass is 16.6. The zero-order valence-electron chi connectivity index (χ0n) is 17.5. The van der Waals surface area contributed by atoms with Crippen LogP contribution < -0.4 is 0 Å². The lowest BCUT2D eigenvalue weighted by Crippen LogP contribution is -2.58. The number of allylic oxidation sites excluding steroid dienone is 4. The second-order valence-electron chi connectivity index (χ2n) is 9.83. The Kier molecular flexibility index (Phi) is 4.48. The van der Waals surface area contributed by atoms with Gasteiger partial charge in [0.25, 0.3) is 0 Å². The zero-order chi connectivity index (χ0) is 20.3. The summed E-state index contributed by atoms with van der Waals surface area (Å²) in [7, 11) is 0. The lowest BCUT2D eigenvalue weighted by Gasteiger charge is -2.57. The molecule has 0 aromatic carbocycles. The first-order valence-electron chi connectivity index (χ1n) is 10.8. The molecule has 4 aliphatic carbocycles. The third-order valence-corrected chi connectivity index (χ3v) is 8.72. The van der Waals surface area contributed by atoms with Crippen molar-refractivity contribution in [1.82, 2.24) is 0 Å². The van der Waals surface area contributed by atoms with Crippen LogP contribution in [0, 0.1) is 28.6 Å². The fourth-order valence-corrected chi connectivity index (χ4v) is 7.21. The highest BCUT2D eigenvalue weighted by Gasteiger charge is 2.67. The van der Waals surface area contributed by atoms with Crippen LogP contribution in [0.4, 0.5) is 0 Å². The van der Waals surface area contributed by atoms with Gasteiger partial charge in [0.1, 0.15) is 0 Å². The largest absolute Gasteiger partial charge is 0.451 e. The Morgan fingerprint density at radius 3 is 2.54 bits per heavy atom. The Balaban J connectivity index is 1.75. The van der Waals surface area contributed by atoms with Crippen LogP contribution in [0.15, 0.2) is 23.8 Å². The maximum Gasteiger partial charge on any atom is 0.303 e. The summed E-state index contributed by atoms with van der Waals surface area (Å²) in [4.78, 5) is 37.0. The van der Waals surface area contributed by atoms with Crippen LogP contribution in [0.2, 0.25) is 0 Å². The molecule has 0 aromatic heterocycles. The first-order chi connectivity index (χ1) is 13.2. The van der Waals surface area contributed by atoms with E-state index in [0.717, 1.165) is 25.7 Å². The molecule has 0 spiro atoms. The van der Waals surface area contributed by atoms with E-state index in [9.17, 15) is 14.4 Å². The van der Waals surface area contributed by atoms with Crippen LogP contribution in [0.3, 0.4) is 0 Å². The fourth-order valence-electron chi connectivity index (χ4n) is 7.21. The number of fused-ring (bicyclic) bond motifs is 5. The zero-order valence-corrected chi connectivity index (χ0v) is 17.5. The maximum absolute atomic E-state index is 13.1. The minimum absolute atomic E-state index is 0.0378. The minimum atomic E-state index is -0.976. The van der Waals surface area contributed by atoms with Gasteiger partial charge in [-0.3, -0.25) is 14.4 Å². The van der Waals surface area contributed by atoms with Gasteiger partial charge >= 0.3 is 5.97 Å². The van der Waals surface area contributed by atoms with E-state index in [1.165, 1.54) is 12.5 Å². The molecule has 0 bridgehead atoms. The van der Waals surface area contributed by atoms with Crippen molar-refractivity contribution in [3.8, 4) is 0 Å². The van der Waals surface area contributed by atoms with Crippen molar-refractivity contribution >= 4 is 17.5 Å². The SMILES string of the molecule is CCC(=O)[C@@]1(OC(C)=O)CC[C@H]2[C@@H]3C=CC4=CC(=O)CC[C@]4(C)[C@H]3CC[C@@]21C. The van der Waals surface area contributed by atoms with Gasteiger partial charge in [0.2, 0.25) is 0 Å². The molecular formula is C24H32O4. The Bertz CT molecular complexity index is 792. The lowest BCUT2D eigenvalue weighted by atomic mass is 9.48. The Morgan fingerprint density at radius 2 is 1.86 bits per heavy atom. The normalized spacial score (nSPS) is 44.2. The van der Waals surface area contributed by atoms with E-state index < -0.39 is 5.60 Å². The Labute approximate surface area is 167 Å². The number of esters is 1. The molecule has 4 rings (SSSR count). The average Bonchev–Trinajstić information content (AvgIpc) is 2.94. The molecule has 0 saturated heterocycles. The van der Waals surface area contributed by atoms with Crippen molar-refractivity contribution < 1.29 is 19.1 Å². The van der Waals surface area contributed by atoms with Crippen LogP contribution in [-0.4, -0.2) is 23.1 Å². The molecule has 6 atom stereocenters. The monoisotopic (exact) mass is 384 g/mol. The van der Waals surface area contributed by atoms with Crippen molar-refractivity contribution in [2.45, 2.75) is 78.2 Å². The van der Waals surface area contributed by atoms with Crippen LogP contribution in [0.25, 0.3) is 0 Å². The molecule has 2 fully saturated rings. The van der Waals surface area contributed by atoms with Crippen LogP contribution in [-0.2, 0) is 19.1 Å². The standard InChI is InChI=1S/C24H32O4/c1-5-21(27)24(28-15(2)25)13-10-20-18-7-6-16-14-17(26)8-11-22(16,3)19(18)9-12-23(20,24)4/h6-7,14,18-20H,5,8-13H2,1-4H3/t18-,19+,20+,22+,23+,24+/m1/s1. The summed E-state index contributed by atoms with van der Waals surface area (Å²) >= 11 is 0. The first kappa shape index (κ1) is 19.6. The van der Waals surface area contributed by atoms with Crippen molar-refractivity contribution in [3.05, 3.63) is 23.8 Å². The number of carbonyl (C=O) groups is 3. The second kappa shape index (κ2) is 6.40. The molecule has 2 saturated carbocycles. The van der Waals surface area contributed by atoms with E-state index in [1.54, 1.807) is 0 Å². The van der Waals surface area contributed by atoms with E-state index in [-0.39, 0.29) is 28.4 Å². The molecule has 152 valence electrons. The summed E-state index contributed by atoms with van der Waals surface area (Å²) in [6.07, 6.45) is 11.7. The first-order valence-corrected chi connectivity index (χ1v) is 10.8. The van der Waals surface area contributed by atoms with Gasteiger partial charge in [0.15, 0.2) is 17.2 Å². The van der Waals surface area contributed by atoms with Crippen LogP contribution in [0.1, 0.15) is 72.6 Å². The molecule has 4 aliphatic rings. The number of Topliss-reactive ketones (excluding diaryl/α,β-unsaturated/α-hetero) is 1. The molecule has 0 amide bonds.